The van der Waals surface area contributed by atoms with Gasteiger partial charge >= 0.3 is 6.03 Å². The second-order valence-electron chi connectivity index (χ2n) is 8.09. The van der Waals surface area contributed by atoms with Gasteiger partial charge in [0.25, 0.3) is 5.91 Å². The van der Waals surface area contributed by atoms with Crippen molar-refractivity contribution in [2.45, 2.75) is 39.2 Å². The number of urea groups is 1. The van der Waals surface area contributed by atoms with Crippen molar-refractivity contribution in [1.29, 1.82) is 0 Å². The fourth-order valence-electron chi connectivity index (χ4n) is 2.72. The maximum atomic E-state index is 14.0. The monoisotopic (exact) mass is 385 g/mol. The number of anilines is 1. The first kappa shape index (κ1) is 21.4. The van der Waals surface area contributed by atoms with Crippen molar-refractivity contribution < 1.29 is 14.0 Å². The Morgan fingerprint density at radius 2 is 1.64 bits per heavy atom. The number of benzene rings is 2. The van der Waals surface area contributed by atoms with E-state index in [1.54, 1.807) is 14.1 Å². The highest BCUT2D eigenvalue weighted by atomic mass is 19.1. The van der Waals surface area contributed by atoms with Crippen LogP contribution in [-0.2, 0) is 5.41 Å². The van der Waals surface area contributed by atoms with Crippen LogP contribution in [0.25, 0.3) is 0 Å². The van der Waals surface area contributed by atoms with Crippen LogP contribution in [0.5, 0.6) is 0 Å². The molecule has 0 bridgehead atoms. The summed E-state index contributed by atoms with van der Waals surface area (Å²) in [6, 6.07) is 11.1. The zero-order valence-corrected chi connectivity index (χ0v) is 17.3. The van der Waals surface area contributed by atoms with Crippen LogP contribution in [0.2, 0.25) is 0 Å². The molecule has 0 aliphatic carbocycles. The van der Waals surface area contributed by atoms with E-state index in [1.807, 2.05) is 31.2 Å². The number of amides is 3. The van der Waals surface area contributed by atoms with Crippen molar-refractivity contribution in [1.82, 2.24) is 10.2 Å². The Kier molecular flexibility index (Phi) is 6.44. The molecule has 0 radical (unpaired) electrons. The van der Waals surface area contributed by atoms with Crippen LogP contribution >= 0.6 is 0 Å². The lowest BCUT2D eigenvalue weighted by Crippen LogP contribution is -2.31. The Balaban J connectivity index is 2.07. The van der Waals surface area contributed by atoms with Gasteiger partial charge in [-0.1, -0.05) is 45.0 Å². The average molecular weight is 385 g/mol. The predicted molar refractivity (Wildman–Crippen MR) is 110 cm³/mol. The van der Waals surface area contributed by atoms with Gasteiger partial charge in [0.2, 0.25) is 0 Å². The lowest BCUT2D eigenvalue weighted by molar-refractivity contribution is 0.0827. The third-order valence-electron chi connectivity index (χ3n) is 4.49. The molecular weight excluding hydrogens is 357 g/mol. The zero-order chi connectivity index (χ0) is 21.1. The van der Waals surface area contributed by atoms with Gasteiger partial charge in [-0.15, -0.1) is 0 Å². The second kappa shape index (κ2) is 8.42. The molecule has 3 amide bonds. The molecule has 6 heteroatoms. The molecular formula is C22H28FN3O2. The van der Waals surface area contributed by atoms with E-state index in [0.29, 0.717) is 5.56 Å². The van der Waals surface area contributed by atoms with Crippen molar-refractivity contribution in [3.05, 3.63) is 65.0 Å². The summed E-state index contributed by atoms with van der Waals surface area (Å²) in [7, 11) is 3.22. The fraction of sp³-hybridized carbons (Fsp3) is 0.364. The van der Waals surface area contributed by atoms with Gasteiger partial charge in [-0.2, -0.15) is 0 Å². The molecule has 0 heterocycles. The van der Waals surface area contributed by atoms with Gasteiger partial charge < -0.3 is 15.5 Å². The van der Waals surface area contributed by atoms with Crippen LogP contribution in [0.4, 0.5) is 14.9 Å². The Hall–Kier alpha value is -2.89. The Labute approximate surface area is 165 Å². The second-order valence-corrected chi connectivity index (χ2v) is 8.09. The summed E-state index contributed by atoms with van der Waals surface area (Å²) in [5, 5.41) is 5.27. The molecule has 5 nitrogen and oxygen atoms in total. The third kappa shape index (κ3) is 5.31. The molecule has 0 aliphatic heterocycles. The minimum absolute atomic E-state index is 0.0412. The molecule has 2 rings (SSSR count). The maximum absolute atomic E-state index is 14.0. The van der Waals surface area contributed by atoms with Crippen molar-refractivity contribution in [3.8, 4) is 0 Å². The summed E-state index contributed by atoms with van der Waals surface area (Å²) in [4.78, 5) is 25.7. The third-order valence-corrected chi connectivity index (χ3v) is 4.49. The number of nitrogens with one attached hydrogen (secondary N) is 2. The van der Waals surface area contributed by atoms with Gasteiger partial charge in [-0.25, -0.2) is 9.18 Å². The van der Waals surface area contributed by atoms with Crippen LogP contribution in [-0.4, -0.2) is 30.9 Å². The van der Waals surface area contributed by atoms with E-state index in [-0.39, 0.29) is 23.1 Å². The van der Waals surface area contributed by atoms with Gasteiger partial charge in [0.05, 0.1) is 11.7 Å². The Bertz CT molecular complexity index is 855. The van der Waals surface area contributed by atoms with Gasteiger partial charge in [0.1, 0.15) is 5.82 Å². The molecule has 1 atom stereocenters. The molecule has 2 N–H and O–H groups in total. The molecule has 0 fully saturated rings. The van der Waals surface area contributed by atoms with Crippen molar-refractivity contribution >= 4 is 17.6 Å². The number of rotatable bonds is 4. The molecule has 28 heavy (non-hydrogen) atoms. The highest BCUT2D eigenvalue weighted by Crippen LogP contribution is 2.24. The van der Waals surface area contributed by atoms with Crippen molar-refractivity contribution in [3.63, 3.8) is 0 Å². The number of carbonyl (C=O) groups is 2. The minimum Gasteiger partial charge on any atom is -0.345 e. The van der Waals surface area contributed by atoms with Crippen LogP contribution < -0.4 is 10.6 Å². The normalized spacial score (nSPS) is 12.2. The van der Waals surface area contributed by atoms with E-state index in [9.17, 15) is 14.0 Å². The topological polar surface area (TPSA) is 61.4 Å². The van der Waals surface area contributed by atoms with Crippen LogP contribution in [0.1, 0.15) is 55.2 Å². The SMILES string of the molecule is CC(NC(=O)Nc1cc(C(=O)N(C)C)ccc1F)c1ccc(C(C)(C)C)cc1. The van der Waals surface area contributed by atoms with E-state index in [1.165, 1.54) is 28.7 Å². The molecule has 150 valence electrons. The Morgan fingerprint density at radius 1 is 1.04 bits per heavy atom. The smallest absolute Gasteiger partial charge is 0.319 e. The molecule has 0 aromatic heterocycles. The molecule has 0 saturated carbocycles. The number of hydrogen-bond donors (Lipinski definition) is 2. The average Bonchev–Trinajstić information content (AvgIpc) is 2.62. The first-order valence-corrected chi connectivity index (χ1v) is 9.18. The summed E-state index contributed by atoms with van der Waals surface area (Å²) in [5.74, 6) is -0.872. The van der Waals surface area contributed by atoms with Crippen molar-refractivity contribution in [2.24, 2.45) is 0 Å². The van der Waals surface area contributed by atoms with E-state index in [4.69, 9.17) is 0 Å². The predicted octanol–water partition coefficient (Wildman–Crippen LogP) is 4.71. The first-order valence-electron chi connectivity index (χ1n) is 9.18. The van der Waals surface area contributed by atoms with E-state index < -0.39 is 11.8 Å². The van der Waals surface area contributed by atoms with Crippen LogP contribution in [0.3, 0.4) is 0 Å². The highest BCUT2D eigenvalue weighted by molar-refractivity contribution is 5.96. The Morgan fingerprint density at radius 3 is 2.18 bits per heavy atom. The van der Waals surface area contributed by atoms with E-state index >= 15 is 0 Å². The van der Waals surface area contributed by atoms with Gasteiger partial charge in [-0.05, 0) is 41.7 Å². The summed E-state index contributed by atoms with van der Waals surface area (Å²) < 4.78 is 14.0. The van der Waals surface area contributed by atoms with Crippen LogP contribution in [0, 0.1) is 5.82 Å². The number of nitrogens with zero attached hydrogens (tertiary/aromatic N) is 1. The summed E-state index contributed by atoms with van der Waals surface area (Å²) >= 11 is 0. The number of hydrogen-bond acceptors (Lipinski definition) is 2. The minimum atomic E-state index is -0.604. The van der Waals surface area contributed by atoms with E-state index in [2.05, 4.69) is 31.4 Å². The number of carbonyl (C=O) groups excluding carboxylic acids is 2. The van der Waals surface area contributed by atoms with Crippen LogP contribution in [0.15, 0.2) is 42.5 Å². The molecule has 2 aromatic rings. The summed E-state index contributed by atoms with van der Waals surface area (Å²) in [6.45, 7) is 8.27. The molecule has 0 aliphatic rings. The van der Waals surface area contributed by atoms with Gasteiger partial charge in [-0.3, -0.25) is 4.79 Å². The molecule has 1 unspecified atom stereocenters. The standard InChI is InChI=1S/C22H28FN3O2/c1-14(15-7-10-17(11-8-15)22(2,3)4)24-21(28)25-19-13-16(9-12-18(19)23)20(27)26(5)6/h7-14H,1-6H3,(H2,24,25,28). The summed E-state index contributed by atoms with van der Waals surface area (Å²) in [6.07, 6.45) is 0. The first-order chi connectivity index (χ1) is 13.0. The molecule has 0 spiro atoms. The zero-order valence-electron chi connectivity index (χ0n) is 17.3. The quantitative estimate of drug-likeness (QED) is 0.801. The van der Waals surface area contributed by atoms with Gasteiger partial charge in [0.15, 0.2) is 0 Å². The lowest BCUT2D eigenvalue weighted by Gasteiger charge is -2.21. The molecule has 2 aromatic carbocycles. The maximum Gasteiger partial charge on any atom is 0.319 e. The fourth-order valence-corrected chi connectivity index (χ4v) is 2.72. The largest absolute Gasteiger partial charge is 0.345 e. The summed E-state index contributed by atoms with van der Waals surface area (Å²) in [5.41, 5.74) is 2.46. The van der Waals surface area contributed by atoms with Crippen molar-refractivity contribution in [2.75, 3.05) is 19.4 Å². The van der Waals surface area contributed by atoms with Gasteiger partial charge in [0, 0.05) is 19.7 Å². The number of halogens is 1. The molecule has 0 saturated heterocycles. The lowest BCUT2D eigenvalue weighted by atomic mass is 9.86. The van der Waals surface area contributed by atoms with E-state index in [0.717, 1.165) is 5.56 Å². The highest BCUT2D eigenvalue weighted by Gasteiger charge is 2.16.